The predicted molar refractivity (Wildman–Crippen MR) is 142 cm³/mol. The van der Waals surface area contributed by atoms with Crippen LogP contribution in [0.1, 0.15) is 18.9 Å². The van der Waals surface area contributed by atoms with Crippen molar-refractivity contribution in [1.29, 1.82) is 0 Å². The SMILES string of the molecule is C/C(CC(=O)Nc1ccccc1-c1ccccc1)=N\NC(=O)Cc1ccc(-c2ccccc2)cc1. The maximum Gasteiger partial charge on any atom is 0.244 e. The third kappa shape index (κ3) is 6.74. The molecule has 0 unspecified atom stereocenters. The fourth-order valence-corrected chi connectivity index (χ4v) is 3.76. The molecule has 0 aliphatic heterocycles. The van der Waals surface area contributed by atoms with Gasteiger partial charge in [-0.15, -0.1) is 0 Å². The molecule has 4 rings (SSSR count). The van der Waals surface area contributed by atoms with Crippen molar-refractivity contribution in [2.45, 2.75) is 19.8 Å². The minimum Gasteiger partial charge on any atom is -0.325 e. The quantitative estimate of drug-likeness (QED) is 0.246. The van der Waals surface area contributed by atoms with Gasteiger partial charge < -0.3 is 5.32 Å². The molecule has 0 aliphatic carbocycles. The molecule has 0 spiro atoms. The van der Waals surface area contributed by atoms with Gasteiger partial charge in [-0.1, -0.05) is 103 Å². The molecule has 5 nitrogen and oxygen atoms in total. The molecule has 0 aromatic heterocycles. The number of benzene rings is 4. The summed E-state index contributed by atoms with van der Waals surface area (Å²) < 4.78 is 0. The van der Waals surface area contributed by atoms with Crippen LogP contribution in [-0.2, 0) is 16.0 Å². The molecular weight excluding hydrogens is 434 g/mol. The Morgan fingerprint density at radius 3 is 1.91 bits per heavy atom. The topological polar surface area (TPSA) is 70.6 Å². The van der Waals surface area contributed by atoms with Crippen LogP contribution in [0.15, 0.2) is 114 Å². The van der Waals surface area contributed by atoms with Gasteiger partial charge >= 0.3 is 0 Å². The molecule has 5 heteroatoms. The number of carbonyl (C=O) groups excluding carboxylic acids is 2. The van der Waals surface area contributed by atoms with Gasteiger partial charge in [-0.3, -0.25) is 9.59 Å². The molecule has 4 aromatic carbocycles. The zero-order valence-electron chi connectivity index (χ0n) is 19.6. The summed E-state index contributed by atoms with van der Waals surface area (Å²) in [5.74, 6) is -0.424. The van der Waals surface area contributed by atoms with Crippen LogP contribution in [0.5, 0.6) is 0 Å². The van der Waals surface area contributed by atoms with Crippen LogP contribution >= 0.6 is 0 Å². The fraction of sp³-hybridized carbons (Fsp3) is 0.100. The summed E-state index contributed by atoms with van der Waals surface area (Å²) in [4.78, 5) is 24.9. The van der Waals surface area contributed by atoms with Crippen molar-refractivity contribution in [1.82, 2.24) is 5.43 Å². The molecule has 0 fully saturated rings. The van der Waals surface area contributed by atoms with Crippen LogP contribution in [0.3, 0.4) is 0 Å². The third-order valence-electron chi connectivity index (χ3n) is 5.50. The number of hydrogen-bond acceptors (Lipinski definition) is 3. The lowest BCUT2D eigenvalue weighted by Crippen LogP contribution is -2.23. The summed E-state index contributed by atoms with van der Waals surface area (Å²) in [6.07, 6.45) is 0.289. The van der Waals surface area contributed by atoms with E-state index in [2.05, 4.69) is 28.0 Å². The summed E-state index contributed by atoms with van der Waals surface area (Å²) in [6, 6.07) is 35.5. The van der Waals surface area contributed by atoms with E-state index in [1.165, 1.54) is 0 Å². The minimum absolute atomic E-state index is 0.0785. The Morgan fingerprint density at radius 1 is 0.657 bits per heavy atom. The van der Waals surface area contributed by atoms with Crippen molar-refractivity contribution >= 4 is 23.2 Å². The first-order chi connectivity index (χ1) is 17.1. The molecule has 0 saturated heterocycles. The van der Waals surface area contributed by atoms with Crippen molar-refractivity contribution in [3.05, 3.63) is 115 Å². The van der Waals surface area contributed by atoms with Crippen LogP contribution in [0.25, 0.3) is 22.3 Å². The second-order valence-corrected chi connectivity index (χ2v) is 8.26. The van der Waals surface area contributed by atoms with E-state index in [0.717, 1.165) is 33.5 Å². The molecular formula is C30H27N3O2. The second kappa shape index (κ2) is 11.6. The van der Waals surface area contributed by atoms with E-state index in [0.29, 0.717) is 5.71 Å². The van der Waals surface area contributed by atoms with Crippen molar-refractivity contribution < 1.29 is 9.59 Å². The zero-order valence-corrected chi connectivity index (χ0v) is 19.6. The van der Waals surface area contributed by atoms with Gasteiger partial charge in [-0.2, -0.15) is 5.10 Å². The fourth-order valence-electron chi connectivity index (χ4n) is 3.76. The Kier molecular flexibility index (Phi) is 7.81. The van der Waals surface area contributed by atoms with Crippen LogP contribution < -0.4 is 10.7 Å². The molecule has 0 heterocycles. The van der Waals surface area contributed by atoms with E-state index in [1.807, 2.05) is 97.1 Å². The predicted octanol–water partition coefficient (Wildman–Crippen LogP) is 6.08. The van der Waals surface area contributed by atoms with E-state index in [-0.39, 0.29) is 24.7 Å². The number of amides is 2. The van der Waals surface area contributed by atoms with E-state index < -0.39 is 0 Å². The molecule has 35 heavy (non-hydrogen) atoms. The monoisotopic (exact) mass is 461 g/mol. The average Bonchev–Trinajstić information content (AvgIpc) is 2.89. The smallest absolute Gasteiger partial charge is 0.244 e. The van der Waals surface area contributed by atoms with Gasteiger partial charge in [0.2, 0.25) is 11.8 Å². The van der Waals surface area contributed by atoms with E-state index in [4.69, 9.17) is 0 Å². The average molecular weight is 462 g/mol. The summed E-state index contributed by atoms with van der Waals surface area (Å²) in [5.41, 5.74) is 8.91. The molecule has 0 atom stereocenters. The maximum absolute atomic E-state index is 12.6. The Labute approximate surface area is 205 Å². The lowest BCUT2D eigenvalue weighted by atomic mass is 10.0. The third-order valence-corrected chi connectivity index (χ3v) is 5.50. The number of rotatable bonds is 8. The van der Waals surface area contributed by atoms with Gasteiger partial charge in [0.05, 0.1) is 12.8 Å². The van der Waals surface area contributed by atoms with Crippen LogP contribution in [0.2, 0.25) is 0 Å². The second-order valence-electron chi connectivity index (χ2n) is 8.26. The highest BCUT2D eigenvalue weighted by Crippen LogP contribution is 2.27. The van der Waals surface area contributed by atoms with Gasteiger partial charge in [-0.05, 0) is 35.2 Å². The summed E-state index contributed by atoms with van der Waals surface area (Å²) in [6.45, 7) is 1.72. The number of carbonyl (C=O) groups is 2. The van der Waals surface area contributed by atoms with Gasteiger partial charge in [0.1, 0.15) is 0 Å². The number of hydrogen-bond donors (Lipinski definition) is 2. The highest BCUT2D eigenvalue weighted by Gasteiger charge is 2.10. The summed E-state index contributed by atoms with van der Waals surface area (Å²) >= 11 is 0. The van der Waals surface area contributed by atoms with E-state index >= 15 is 0 Å². The first-order valence-corrected chi connectivity index (χ1v) is 11.5. The number of nitrogens with one attached hydrogen (secondary N) is 2. The first kappa shape index (κ1) is 23.6. The molecule has 174 valence electrons. The van der Waals surface area contributed by atoms with Crippen molar-refractivity contribution in [2.24, 2.45) is 5.10 Å². The van der Waals surface area contributed by atoms with Gasteiger partial charge in [0.15, 0.2) is 0 Å². The Balaban J connectivity index is 1.30. The molecule has 0 aliphatic rings. The molecule has 2 N–H and O–H groups in total. The van der Waals surface area contributed by atoms with Gasteiger partial charge in [0.25, 0.3) is 0 Å². The van der Waals surface area contributed by atoms with Gasteiger partial charge in [0, 0.05) is 17.0 Å². The van der Waals surface area contributed by atoms with Gasteiger partial charge in [-0.25, -0.2) is 5.43 Å². The number of para-hydroxylation sites is 1. The van der Waals surface area contributed by atoms with Crippen molar-refractivity contribution in [2.75, 3.05) is 5.32 Å². The molecule has 0 saturated carbocycles. The van der Waals surface area contributed by atoms with E-state index in [9.17, 15) is 9.59 Å². The molecule has 4 aromatic rings. The largest absolute Gasteiger partial charge is 0.325 e. The minimum atomic E-state index is -0.230. The maximum atomic E-state index is 12.6. The number of anilines is 1. The molecule has 0 bridgehead atoms. The highest BCUT2D eigenvalue weighted by molar-refractivity contribution is 6.07. The molecule has 0 radical (unpaired) electrons. The first-order valence-electron chi connectivity index (χ1n) is 11.5. The normalized spacial score (nSPS) is 11.1. The zero-order chi connectivity index (χ0) is 24.5. The molecule has 2 amide bonds. The summed E-state index contributed by atoms with van der Waals surface area (Å²) in [5, 5.41) is 7.06. The number of nitrogens with zero attached hydrogens (tertiary/aromatic N) is 1. The van der Waals surface area contributed by atoms with Crippen molar-refractivity contribution in [3.63, 3.8) is 0 Å². The Hall–Kier alpha value is -4.51. The Morgan fingerprint density at radius 2 is 1.23 bits per heavy atom. The standard InChI is InChI=1S/C30H27N3O2/c1-22(20-29(34)31-28-15-9-8-14-27(28)26-12-6-3-7-13-26)32-33-30(35)21-23-16-18-25(19-17-23)24-10-4-2-5-11-24/h2-19H,20-21H2,1H3,(H,31,34)(H,33,35)/b32-22+. The number of hydrazone groups is 1. The lowest BCUT2D eigenvalue weighted by molar-refractivity contribution is -0.120. The van der Waals surface area contributed by atoms with Crippen LogP contribution in [-0.4, -0.2) is 17.5 Å². The van der Waals surface area contributed by atoms with Crippen LogP contribution in [0.4, 0.5) is 5.69 Å². The lowest BCUT2D eigenvalue weighted by Gasteiger charge is -2.11. The van der Waals surface area contributed by atoms with E-state index in [1.54, 1.807) is 6.92 Å². The Bertz CT molecular complexity index is 1310. The van der Waals surface area contributed by atoms with Crippen LogP contribution in [0, 0.1) is 0 Å². The van der Waals surface area contributed by atoms with Crippen molar-refractivity contribution in [3.8, 4) is 22.3 Å². The highest BCUT2D eigenvalue weighted by atomic mass is 16.2. The summed E-state index contributed by atoms with van der Waals surface area (Å²) in [7, 11) is 0.